The number of carbonyl (C=O) groups is 1. The minimum absolute atomic E-state index is 0.151. The lowest BCUT2D eigenvalue weighted by atomic mass is 9.80. The molecule has 0 spiro atoms. The first-order valence-electron chi connectivity index (χ1n) is 12.4. The Bertz CT molecular complexity index is 1340. The molecule has 0 saturated heterocycles. The molecule has 0 bridgehead atoms. The lowest BCUT2D eigenvalue weighted by Crippen LogP contribution is -2.45. The van der Waals surface area contributed by atoms with Gasteiger partial charge in [0.25, 0.3) is 10.1 Å². The van der Waals surface area contributed by atoms with Gasteiger partial charge >= 0.3 is 0 Å². The fourth-order valence-electron chi connectivity index (χ4n) is 4.36. The number of ether oxygens (including phenoxy) is 1. The number of aliphatic hydroxyl groups is 2. The minimum Gasteiger partial charge on any atom is -0.388 e. The van der Waals surface area contributed by atoms with Gasteiger partial charge in [0.2, 0.25) is 0 Å². The first-order valence-corrected chi connectivity index (χ1v) is 13.8. The van der Waals surface area contributed by atoms with Crippen molar-refractivity contribution in [2.45, 2.75) is 35.7 Å². The monoisotopic (exact) mass is 546 g/mol. The van der Waals surface area contributed by atoms with Crippen LogP contribution in [0, 0.1) is 6.92 Å². The van der Waals surface area contributed by atoms with E-state index in [9.17, 15) is 23.4 Å². The molecule has 202 valence electrons. The van der Waals surface area contributed by atoms with Crippen molar-refractivity contribution in [1.82, 2.24) is 0 Å². The zero-order valence-corrected chi connectivity index (χ0v) is 22.1. The lowest BCUT2D eigenvalue weighted by molar-refractivity contribution is -0.130. The number of hydrogen-bond donors (Lipinski definition) is 2. The zero-order valence-electron chi connectivity index (χ0n) is 21.3. The van der Waals surface area contributed by atoms with Crippen LogP contribution >= 0.6 is 0 Å². The molecule has 8 heteroatoms. The largest absolute Gasteiger partial charge is 0.388 e. The summed E-state index contributed by atoms with van der Waals surface area (Å²) in [6, 6.07) is 34.1. The maximum atomic E-state index is 12.7. The van der Waals surface area contributed by atoms with Gasteiger partial charge in [0.05, 0.1) is 11.5 Å². The van der Waals surface area contributed by atoms with Gasteiger partial charge in [0, 0.05) is 0 Å². The number of aryl methyl sites for hydroxylation is 1. The van der Waals surface area contributed by atoms with Crippen molar-refractivity contribution < 1.29 is 32.3 Å². The quantitative estimate of drug-likeness (QED) is 0.157. The molecule has 4 aromatic rings. The number of hydrogen-bond acceptors (Lipinski definition) is 7. The van der Waals surface area contributed by atoms with E-state index in [1.807, 2.05) is 91.0 Å². The maximum Gasteiger partial charge on any atom is 0.297 e. The average Bonchev–Trinajstić information content (AvgIpc) is 2.97. The summed E-state index contributed by atoms with van der Waals surface area (Å²) >= 11 is 0. The molecule has 0 fully saturated rings. The highest BCUT2D eigenvalue weighted by molar-refractivity contribution is 7.86. The van der Waals surface area contributed by atoms with Gasteiger partial charge in [-0.3, -0.25) is 4.18 Å². The summed E-state index contributed by atoms with van der Waals surface area (Å²) in [6.07, 6.45) is -5.25. The van der Waals surface area contributed by atoms with Crippen molar-refractivity contribution in [2.75, 3.05) is 6.61 Å². The van der Waals surface area contributed by atoms with Crippen LogP contribution in [0.2, 0.25) is 0 Å². The Kier molecular flexibility index (Phi) is 9.06. The van der Waals surface area contributed by atoms with Crippen molar-refractivity contribution in [3.05, 3.63) is 138 Å². The highest BCUT2D eigenvalue weighted by atomic mass is 32.2. The third-order valence-corrected chi connectivity index (χ3v) is 7.75. The van der Waals surface area contributed by atoms with E-state index in [2.05, 4.69) is 0 Å². The van der Waals surface area contributed by atoms with Crippen LogP contribution in [-0.2, 0) is 29.4 Å². The van der Waals surface area contributed by atoms with E-state index in [1.165, 1.54) is 12.1 Å². The number of benzene rings is 4. The molecule has 0 aliphatic carbocycles. The zero-order chi connectivity index (χ0) is 27.9. The van der Waals surface area contributed by atoms with E-state index in [1.54, 1.807) is 19.1 Å². The Morgan fingerprint density at radius 2 is 1.18 bits per heavy atom. The second-order valence-corrected chi connectivity index (χ2v) is 10.7. The Hall–Kier alpha value is -3.66. The van der Waals surface area contributed by atoms with Crippen molar-refractivity contribution in [3.8, 4) is 0 Å². The first kappa shape index (κ1) is 28.4. The van der Waals surface area contributed by atoms with Crippen molar-refractivity contribution in [3.63, 3.8) is 0 Å². The van der Waals surface area contributed by atoms with E-state index in [-0.39, 0.29) is 11.2 Å². The third kappa shape index (κ3) is 6.33. The molecule has 0 amide bonds. The molecule has 4 aromatic carbocycles. The van der Waals surface area contributed by atoms with Crippen molar-refractivity contribution in [2.24, 2.45) is 0 Å². The summed E-state index contributed by atoms with van der Waals surface area (Å²) in [6.45, 7) is 1.35. The lowest BCUT2D eigenvalue weighted by Gasteiger charge is -2.37. The van der Waals surface area contributed by atoms with Crippen molar-refractivity contribution in [1.29, 1.82) is 0 Å². The Balaban J connectivity index is 1.63. The fourth-order valence-corrected chi connectivity index (χ4v) is 5.40. The molecule has 2 N–H and O–H groups in total. The fraction of sp³-hybridized carbons (Fsp3) is 0.194. The van der Waals surface area contributed by atoms with E-state index in [4.69, 9.17) is 8.92 Å². The van der Waals surface area contributed by atoms with Crippen LogP contribution in [0.15, 0.2) is 120 Å². The van der Waals surface area contributed by atoms with Crippen LogP contribution < -0.4 is 0 Å². The molecule has 0 saturated carbocycles. The molecule has 0 radical (unpaired) electrons. The molecule has 3 atom stereocenters. The van der Waals surface area contributed by atoms with E-state index >= 15 is 0 Å². The average molecular weight is 547 g/mol. The third-order valence-electron chi connectivity index (χ3n) is 6.42. The molecule has 0 heterocycles. The van der Waals surface area contributed by atoms with Crippen LogP contribution in [0.5, 0.6) is 0 Å². The summed E-state index contributed by atoms with van der Waals surface area (Å²) in [5.74, 6) is 0. The topological polar surface area (TPSA) is 110 Å². The predicted molar refractivity (Wildman–Crippen MR) is 146 cm³/mol. The molecule has 4 rings (SSSR count). The number of aldehydes is 1. The van der Waals surface area contributed by atoms with Gasteiger partial charge in [0.1, 0.15) is 17.8 Å². The molecule has 0 aliphatic heterocycles. The smallest absolute Gasteiger partial charge is 0.297 e. The van der Waals surface area contributed by atoms with E-state index in [0.717, 1.165) is 22.3 Å². The van der Waals surface area contributed by atoms with E-state index in [0.29, 0.717) is 0 Å². The molecule has 39 heavy (non-hydrogen) atoms. The Labute approximate surface area is 228 Å². The maximum absolute atomic E-state index is 12.7. The van der Waals surface area contributed by atoms with Crippen LogP contribution in [-0.4, -0.2) is 49.8 Å². The van der Waals surface area contributed by atoms with Gasteiger partial charge in [-0.05, 0) is 35.7 Å². The van der Waals surface area contributed by atoms with Gasteiger partial charge in [-0.1, -0.05) is 109 Å². The van der Waals surface area contributed by atoms with Crippen LogP contribution in [0.25, 0.3) is 0 Å². The first-order chi connectivity index (χ1) is 18.8. The predicted octanol–water partition coefficient (Wildman–Crippen LogP) is 4.00. The Morgan fingerprint density at radius 3 is 1.59 bits per heavy atom. The van der Waals surface area contributed by atoms with Crippen LogP contribution in [0.1, 0.15) is 22.3 Å². The van der Waals surface area contributed by atoms with Gasteiger partial charge in [-0.15, -0.1) is 0 Å². The minimum atomic E-state index is -4.38. The van der Waals surface area contributed by atoms with Crippen molar-refractivity contribution >= 4 is 16.4 Å². The summed E-state index contributed by atoms with van der Waals surface area (Å²) in [4.78, 5) is 11.6. The highest BCUT2D eigenvalue weighted by Crippen LogP contribution is 2.40. The molecule has 0 aromatic heterocycles. The number of aliphatic hydroxyl groups excluding tert-OH is 2. The second-order valence-electron chi connectivity index (χ2n) is 9.11. The summed E-state index contributed by atoms with van der Waals surface area (Å²) in [5, 5.41) is 21.7. The van der Waals surface area contributed by atoms with E-state index < -0.39 is 40.6 Å². The van der Waals surface area contributed by atoms with Gasteiger partial charge in [-0.2, -0.15) is 8.42 Å². The Morgan fingerprint density at radius 1 is 0.744 bits per heavy atom. The number of rotatable bonds is 12. The highest BCUT2D eigenvalue weighted by Gasteiger charge is 2.40. The molecule has 0 unspecified atom stereocenters. The van der Waals surface area contributed by atoms with Gasteiger partial charge in [-0.25, -0.2) is 0 Å². The summed E-state index contributed by atoms with van der Waals surface area (Å²) in [5.41, 5.74) is 1.97. The van der Waals surface area contributed by atoms with Crippen LogP contribution in [0.3, 0.4) is 0 Å². The molecule has 0 aliphatic rings. The van der Waals surface area contributed by atoms with Gasteiger partial charge < -0.3 is 19.7 Å². The molecule has 7 nitrogen and oxygen atoms in total. The summed E-state index contributed by atoms with van der Waals surface area (Å²) in [7, 11) is -4.38. The summed E-state index contributed by atoms with van der Waals surface area (Å²) < 4.78 is 36.9. The SMILES string of the molecule is Cc1ccc(S(=O)(=O)O[C@@H](C=O)[C@H](O)[C@H](O)COC(c2ccccc2)(c2ccccc2)c2ccccc2)cc1. The number of carbonyl (C=O) groups excluding carboxylic acids is 1. The van der Waals surface area contributed by atoms with Gasteiger partial charge in [0.15, 0.2) is 12.4 Å². The van der Waals surface area contributed by atoms with Crippen LogP contribution in [0.4, 0.5) is 0 Å². The normalized spacial score (nSPS) is 14.3. The second kappa shape index (κ2) is 12.5. The molecular weight excluding hydrogens is 516 g/mol. The standard InChI is InChI=1S/C31H30O7S/c1-23-17-19-27(20-18-23)39(35,36)38-29(21-32)30(34)28(33)22-37-31(24-11-5-2-6-12-24,25-13-7-3-8-14-25)26-15-9-4-10-16-26/h2-21,28-30,33-34H,22H2,1H3/t28-,29+,30-/m1/s1. The molecular formula is C31H30O7S.